The number of rotatable bonds is 5. The molecule has 1 aromatic rings. The summed E-state index contributed by atoms with van der Waals surface area (Å²) in [5.74, 6) is 0.824. The minimum atomic E-state index is -0.422. The SMILES string of the molecule is CC(C)CC(O)CNc1nccc(C#N)n1. The Balaban J connectivity index is 2.45. The van der Waals surface area contributed by atoms with Gasteiger partial charge in [-0.05, 0) is 18.4 Å². The van der Waals surface area contributed by atoms with Crippen molar-refractivity contribution in [2.24, 2.45) is 5.92 Å². The molecule has 0 saturated carbocycles. The summed E-state index contributed by atoms with van der Waals surface area (Å²) in [5.41, 5.74) is 0.316. The molecule has 0 aromatic carbocycles. The predicted octanol–water partition coefficient (Wildman–Crippen LogP) is 1.17. The first kappa shape index (κ1) is 12.4. The molecule has 1 unspecified atom stereocenters. The van der Waals surface area contributed by atoms with Crippen LogP contribution in [0.1, 0.15) is 26.0 Å². The molecule has 0 aliphatic carbocycles. The molecule has 0 saturated heterocycles. The second-order valence-corrected chi connectivity index (χ2v) is 4.04. The highest BCUT2D eigenvalue weighted by molar-refractivity contribution is 5.29. The molecule has 16 heavy (non-hydrogen) atoms. The average molecular weight is 220 g/mol. The van der Waals surface area contributed by atoms with Crippen LogP contribution in [-0.4, -0.2) is 27.7 Å². The topological polar surface area (TPSA) is 81.8 Å². The third-order valence-corrected chi connectivity index (χ3v) is 2.01. The van der Waals surface area contributed by atoms with Gasteiger partial charge < -0.3 is 10.4 Å². The molecule has 0 fully saturated rings. The van der Waals surface area contributed by atoms with E-state index in [4.69, 9.17) is 5.26 Å². The van der Waals surface area contributed by atoms with Gasteiger partial charge in [-0.25, -0.2) is 9.97 Å². The maximum atomic E-state index is 9.62. The van der Waals surface area contributed by atoms with Crippen LogP contribution in [0.4, 0.5) is 5.95 Å². The molecule has 0 bridgehead atoms. The highest BCUT2D eigenvalue weighted by Gasteiger charge is 2.07. The van der Waals surface area contributed by atoms with Crippen molar-refractivity contribution in [1.82, 2.24) is 9.97 Å². The maximum absolute atomic E-state index is 9.62. The number of hydrogen-bond acceptors (Lipinski definition) is 5. The van der Waals surface area contributed by atoms with E-state index in [0.29, 0.717) is 24.1 Å². The van der Waals surface area contributed by atoms with Crippen LogP contribution in [0.15, 0.2) is 12.3 Å². The Hall–Kier alpha value is -1.67. The zero-order valence-corrected chi connectivity index (χ0v) is 9.51. The van der Waals surface area contributed by atoms with Crippen LogP contribution in [0.3, 0.4) is 0 Å². The fraction of sp³-hybridized carbons (Fsp3) is 0.545. The Kier molecular flexibility index (Phi) is 4.67. The fourth-order valence-corrected chi connectivity index (χ4v) is 1.34. The van der Waals surface area contributed by atoms with Crippen molar-refractivity contribution in [3.8, 4) is 6.07 Å². The van der Waals surface area contributed by atoms with Gasteiger partial charge in [0.15, 0.2) is 0 Å². The summed E-state index contributed by atoms with van der Waals surface area (Å²) in [6.07, 6.45) is 1.82. The van der Waals surface area contributed by atoms with Crippen molar-refractivity contribution in [1.29, 1.82) is 5.26 Å². The molecule has 0 amide bonds. The lowest BCUT2D eigenvalue weighted by Gasteiger charge is -2.13. The van der Waals surface area contributed by atoms with E-state index >= 15 is 0 Å². The number of nitrogens with zero attached hydrogens (tertiary/aromatic N) is 3. The van der Waals surface area contributed by atoms with E-state index in [0.717, 1.165) is 6.42 Å². The highest BCUT2D eigenvalue weighted by atomic mass is 16.3. The smallest absolute Gasteiger partial charge is 0.223 e. The fourth-order valence-electron chi connectivity index (χ4n) is 1.34. The number of hydrogen-bond donors (Lipinski definition) is 2. The quantitative estimate of drug-likeness (QED) is 0.778. The summed E-state index contributed by atoms with van der Waals surface area (Å²) in [7, 11) is 0. The Labute approximate surface area is 95.2 Å². The summed E-state index contributed by atoms with van der Waals surface area (Å²) >= 11 is 0. The second kappa shape index (κ2) is 6.03. The molecular formula is C11H16N4O. The van der Waals surface area contributed by atoms with Gasteiger partial charge in [0.25, 0.3) is 0 Å². The van der Waals surface area contributed by atoms with Gasteiger partial charge in [-0.3, -0.25) is 0 Å². The molecular weight excluding hydrogens is 204 g/mol. The van der Waals surface area contributed by atoms with E-state index in [9.17, 15) is 5.11 Å². The summed E-state index contributed by atoms with van der Waals surface area (Å²) in [5, 5.41) is 21.2. The van der Waals surface area contributed by atoms with Crippen LogP contribution in [0, 0.1) is 17.2 Å². The van der Waals surface area contributed by atoms with Crippen LogP contribution in [0.5, 0.6) is 0 Å². The molecule has 0 aliphatic heterocycles. The minimum Gasteiger partial charge on any atom is -0.391 e. The van der Waals surface area contributed by atoms with Gasteiger partial charge in [-0.15, -0.1) is 0 Å². The second-order valence-electron chi connectivity index (χ2n) is 4.04. The van der Waals surface area contributed by atoms with Crippen molar-refractivity contribution in [2.75, 3.05) is 11.9 Å². The van der Waals surface area contributed by atoms with Crippen molar-refractivity contribution >= 4 is 5.95 Å². The van der Waals surface area contributed by atoms with E-state index in [1.807, 2.05) is 6.07 Å². The van der Waals surface area contributed by atoms with Crippen LogP contribution in [0.2, 0.25) is 0 Å². The van der Waals surface area contributed by atoms with Crippen molar-refractivity contribution in [3.63, 3.8) is 0 Å². The van der Waals surface area contributed by atoms with Gasteiger partial charge in [0, 0.05) is 12.7 Å². The molecule has 86 valence electrons. The lowest BCUT2D eigenvalue weighted by atomic mass is 10.1. The first-order valence-electron chi connectivity index (χ1n) is 5.27. The lowest BCUT2D eigenvalue weighted by Crippen LogP contribution is -2.22. The van der Waals surface area contributed by atoms with Crippen molar-refractivity contribution < 1.29 is 5.11 Å². The molecule has 0 spiro atoms. The van der Waals surface area contributed by atoms with E-state index in [2.05, 4.69) is 29.1 Å². The van der Waals surface area contributed by atoms with E-state index in [-0.39, 0.29) is 0 Å². The monoisotopic (exact) mass is 220 g/mol. The standard InChI is InChI=1S/C11H16N4O/c1-8(2)5-10(16)7-14-11-13-4-3-9(6-12)15-11/h3-4,8,10,16H,5,7H2,1-2H3,(H,13,14,15). The predicted molar refractivity (Wildman–Crippen MR) is 60.7 cm³/mol. The normalized spacial score (nSPS) is 12.2. The molecule has 1 aromatic heterocycles. The number of aliphatic hydroxyl groups excluding tert-OH is 1. The Morgan fingerprint density at radius 2 is 2.31 bits per heavy atom. The zero-order chi connectivity index (χ0) is 12.0. The van der Waals surface area contributed by atoms with Gasteiger partial charge >= 0.3 is 0 Å². The zero-order valence-electron chi connectivity index (χ0n) is 9.51. The minimum absolute atomic E-state index is 0.316. The Bertz CT molecular complexity index is 372. The first-order chi connectivity index (χ1) is 7.61. The van der Waals surface area contributed by atoms with E-state index in [1.54, 1.807) is 0 Å². The average Bonchev–Trinajstić information content (AvgIpc) is 2.26. The molecule has 5 heteroatoms. The third-order valence-electron chi connectivity index (χ3n) is 2.01. The van der Waals surface area contributed by atoms with Gasteiger partial charge in [0.05, 0.1) is 6.10 Å². The number of nitrogens with one attached hydrogen (secondary N) is 1. The third kappa shape index (κ3) is 4.24. The highest BCUT2D eigenvalue weighted by Crippen LogP contribution is 2.05. The van der Waals surface area contributed by atoms with E-state index < -0.39 is 6.10 Å². The number of nitriles is 1. The molecule has 0 aliphatic rings. The molecule has 1 atom stereocenters. The number of aromatic nitrogens is 2. The Morgan fingerprint density at radius 1 is 1.56 bits per heavy atom. The summed E-state index contributed by atoms with van der Waals surface area (Å²) in [6, 6.07) is 3.47. The van der Waals surface area contributed by atoms with Gasteiger partial charge in [-0.2, -0.15) is 5.26 Å². The molecule has 1 rings (SSSR count). The maximum Gasteiger partial charge on any atom is 0.223 e. The number of aliphatic hydroxyl groups is 1. The summed E-state index contributed by atoms with van der Waals surface area (Å²) in [4.78, 5) is 7.90. The molecule has 0 radical (unpaired) electrons. The van der Waals surface area contributed by atoms with Crippen molar-refractivity contribution in [2.45, 2.75) is 26.4 Å². The molecule has 5 nitrogen and oxygen atoms in total. The van der Waals surface area contributed by atoms with Crippen molar-refractivity contribution in [3.05, 3.63) is 18.0 Å². The van der Waals surface area contributed by atoms with Crippen LogP contribution in [-0.2, 0) is 0 Å². The molecule has 2 N–H and O–H groups in total. The summed E-state index contributed by atoms with van der Waals surface area (Å²) in [6.45, 7) is 4.50. The van der Waals surface area contributed by atoms with E-state index in [1.165, 1.54) is 12.3 Å². The lowest BCUT2D eigenvalue weighted by molar-refractivity contribution is 0.161. The van der Waals surface area contributed by atoms with Gasteiger partial charge in [0.2, 0.25) is 5.95 Å². The molecule has 1 heterocycles. The van der Waals surface area contributed by atoms with Crippen LogP contribution < -0.4 is 5.32 Å². The Morgan fingerprint density at radius 3 is 2.94 bits per heavy atom. The largest absolute Gasteiger partial charge is 0.391 e. The van der Waals surface area contributed by atoms with Crippen LogP contribution >= 0.6 is 0 Å². The number of anilines is 1. The van der Waals surface area contributed by atoms with Gasteiger partial charge in [-0.1, -0.05) is 13.8 Å². The van der Waals surface area contributed by atoms with Gasteiger partial charge in [0.1, 0.15) is 11.8 Å². The summed E-state index contributed by atoms with van der Waals surface area (Å²) < 4.78 is 0. The first-order valence-corrected chi connectivity index (χ1v) is 5.27. The van der Waals surface area contributed by atoms with Crippen LogP contribution in [0.25, 0.3) is 0 Å².